The molecule has 2 heterocycles. The van der Waals surface area contributed by atoms with E-state index in [-0.39, 0.29) is 17.1 Å². The van der Waals surface area contributed by atoms with Crippen molar-refractivity contribution in [1.29, 1.82) is 0 Å². The molecule has 1 N–H and O–H groups in total. The molecule has 1 aromatic heterocycles. The van der Waals surface area contributed by atoms with E-state index in [2.05, 4.69) is 11.9 Å². The third-order valence-electron chi connectivity index (χ3n) is 5.51. The van der Waals surface area contributed by atoms with Gasteiger partial charge in [0.05, 0.1) is 29.8 Å². The Bertz CT molecular complexity index is 849. The molecule has 1 aliphatic carbocycles. The van der Waals surface area contributed by atoms with E-state index in [1.165, 1.54) is 0 Å². The van der Waals surface area contributed by atoms with Crippen LogP contribution >= 0.6 is 0 Å². The standard InChI is InChI=1S/C18H23N3O3/c1-3-20-15-7-4-12(10-14(15)19-17(20)23)16(22)21-8-9-24-11-18(21,2)13-5-6-13/h4,7,10,13H,3,5-6,8-9,11H2,1-2H3,(H,19,23). The number of carbonyl (C=O) groups is 1. The van der Waals surface area contributed by atoms with Crippen LogP contribution in [0, 0.1) is 5.92 Å². The molecule has 2 fully saturated rings. The third-order valence-corrected chi connectivity index (χ3v) is 5.51. The summed E-state index contributed by atoms with van der Waals surface area (Å²) in [6, 6.07) is 5.49. The summed E-state index contributed by atoms with van der Waals surface area (Å²) in [5.41, 5.74) is 1.83. The maximum Gasteiger partial charge on any atom is 0.326 e. The number of ether oxygens (including phenoxy) is 1. The lowest BCUT2D eigenvalue weighted by Gasteiger charge is -2.45. The van der Waals surface area contributed by atoms with E-state index in [4.69, 9.17) is 4.74 Å². The van der Waals surface area contributed by atoms with Crippen LogP contribution in [0.5, 0.6) is 0 Å². The minimum Gasteiger partial charge on any atom is -0.377 e. The first-order chi connectivity index (χ1) is 11.5. The number of aromatic amines is 1. The first-order valence-corrected chi connectivity index (χ1v) is 8.67. The number of aryl methyl sites for hydroxylation is 1. The summed E-state index contributed by atoms with van der Waals surface area (Å²) in [6.45, 7) is 6.48. The van der Waals surface area contributed by atoms with Gasteiger partial charge in [0, 0.05) is 18.7 Å². The predicted molar refractivity (Wildman–Crippen MR) is 91.2 cm³/mol. The van der Waals surface area contributed by atoms with Crippen LogP contribution in [0.3, 0.4) is 0 Å². The third kappa shape index (κ3) is 2.28. The minimum atomic E-state index is -0.215. The maximum atomic E-state index is 13.1. The Morgan fingerprint density at radius 2 is 2.21 bits per heavy atom. The molecule has 24 heavy (non-hydrogen) atoms. The Kier molecular flexibility index (Phi) is 3.53. The van der Waals surface area contributed by atoms with Crippen molar-refractivity contribution in [3.63, 3.8) is 0 Å². The first-order valence-electron chi connectivity index (χ1n) is 8.67. The van der Waals surface area contributed by atoms with Crippen LogP contribution in [-0.2, 0) is 11.3 Å². The molecule has 128 valence electrons. The number of imidazole rings is 1. The maximum absolute atomic E-state index is 13.1. The minimum absolute atomic E-state index is 0.0275. The summed E-state index contributed by atoms with van der Waals surface area (Å²) in [4.78, 5) is 29.9. The van der Waals surface area contributed by atoms with E-state index in [9.17, 15) is 9.59 Å². The lowest BCUT2D eigenvalue weighted by molar-refractivity contribution is -0.0547. The number of fused-ring (bicyclic) bond motifs is 1. The average molecular weight is 329 g/mol. The van der Waals surface area contributed by atoms with Crippen molar-refractivity contribution in [2.75, 3.05) is 19.8 Å². The molecule has 2 aliphatic rings. The highest BCUT2D eigenvalue weighted by Gasteiger charge is 2.49. The Hall–Kier alpha value is -2.08. The Balaban J connectivity index is 1.71. The normalized spacial score (nSPS) is 24.5. The zero-order chi connectivity index (χ0) is 16.9. The molecule has 1 atom stereocenters. The lowest BCUT2D eigenvalue weighted by Crippen LogP contribution is -2.58. The molecular formula is C18H23N3O3. The lowest BCUT2D eigenvalue weighted by atomic mass is 9.92. The number of morpholine rings is 1. The van der Waals surface area contributed by atoms with Crippen LogP contribution in [0.4, 0.5) is 0 Å². The molecule has 1 aliphatic heterocycles. The topological polar surface area (TPSA) is 67.3 Å². The van der Waals surface area contributed by atoms with Gasteiger partial charge in [-0.15, -0.1) is 0 Å². The van der Waals surface area contributed by atoms with Crippen molar-refractivity contribution in [3.8, 4) is 0 Å². The zero-order valence-corrected chi connectivity index (χ0v) is 14.2. The van der Waals surface area contributed by atoms with Gasteiger partial charge < -0.3 is 14.6 Å². The van der Waals surface area contributed by atoms with E-state index in [1.807, 2.05) is 24.0 Å². The molecule has 0 radical (unpaired) electrons. The molecule has 4 rings (SSSR count). The SMILES string of the molecule is CCn1c(=O)[nH]c2cc(C(=O)N3CCOCC3(C)C3CC3)ccc21. The van der Waals surface area contributed by atoms with Gasteiger partial charge in [0.2, 0.25) is 0 Å². The van der Waals surface area contributed by atoms with Crippen molar-refractivity contribution in [1.82, 2.24) is 14.5 Å². The molecule has 0 bridgehead atoms. The summed E-state index contributed by atoms with van der Waals surface area (Å²) in [5.74, 6) is 0.561. The monoisotopic (exact) mass is 329 g/mol. The molecular weight excluding hydrogens is 306 g/mol. The summed E-state index contributed by atoms with van der Waals surface area (Å²) < 4.78 is 7.34. The van der Waals surface area contributed by atoms with Crippen LogP contribution in [-0.4, -0.2) is 45.7 Å². The quantitative estimate of drug-likeness (QED) is 0.936. The van der Waals surface area contributed by atoms with Gasteiger partial charge in [-0.3, -0.25) is 9.36 Å². The van der Waals surface area contributed by atoms with E-state index in [0.717, 1.165) is 18.4 Å². The Morgan fingerprint density at radius 3 is 2.92 bits per heavy atom. The first kappa shape index (κ1) is 15.4. The number of rotatable bonds is 3. The molecule has 1 unspecified atom stereocenters. The number of H-pyrrole nitrogens is 1. The number of aromatic nitrogens is 2. The number of hydrogen-bond donors (Lipinski definition) is 1. The molecule has 6 heteroatoms. The van der Waals surface area contributed by atoms with E-state index >= 15 is 0 Å². The highest BCUT2D eigenvalue weighted by atomic mass is 16.5. The number of benzene rings is 1. The fraction of sp³-hybridized carbons (Fsp3) is 0.556. The second kappa shape index (κ2) is 5.48. The van der Waals surface area contributed by atoms with E-state index in [1.54, 1.807) is 10.6 Å². The molecule has 1 amide bonds. The van der Waals surface area contributed by atoms with Crippen molar-refractivity contribution in [2.45, 2.75) is 38.8 Å². The highest BCUT2D eigenvalue weighted by molar-refractivity contribution is 5.98. The van der Waals surface area contributed by atoms with E-state index in [0.29, 0.717) is 43.3 Å². The van der Waals surface area contributed by atoms with Crippen molar-refractivity contribution >= 4 is 16.9 Å². The van der Waals surface area contributed by atoms with Crippen molar-refractivity contribution in [2.24, 2.45) is 5.92 Å². The van der Waals surface area contributed by atoms with Crippen LogP contribution in [0.15, 0.2) is 23.0 Å². The fourth-order valence-corrected chi connectivity index (χ4v) is 3.91. The second-order valence-corrected chi connectivity index (χ2v) is 7.05. The molecule has 1 aromatic carbocycles. The molecule has 6 nitrogen and oxygen atoms in total. The Morgan fingerprint density at radius 1 is 1.42 bits per heavy atom. The predicted octanol–water partition coefficient (Wildman–Crippen LogP) is 1.99. The van der Waals surface area contributed by atoms with Gasteiger partial charge in [-0.2, -0.15) is 0 Å². The second-order valence-electron chi connectivity index (χ2n) is 7.05. The van der Waals surface area contributed by atoms with Gasteiger partial charge >= 0.3 is 5.69 Å². The molecule has 2 aromatic rings. The zero-order valence-electron chi connectivity index (χ0n) is 14.2. The van der Waals surface area contributed by atoms with Gasteiger partial charge in [0.15, 0.2) is 0 Å². The van der Waals surface area contributed by atoms with Crippen LogP contribution < -0.4 is 5.69 Å². The summed E-state index contributed by atoms with van der Waals surface area (Å²) >= 11 is 0. The number of nitrogens with zero attached hydrogens (tertiary/aromatic N) is 2. The summed E-state index contributed by atoms with van der Waals surface area (Å²) in [6.07, 6.45) is 2.32. The van der Waals surface area contributed by atoms with Gasteiger partial charge in [-0.05, 0) is 50.8 Å². The molecule has 1 saturated heterocycles. The van der Waals surface area contributed by atoms with Crippen LogP contribution in [0.2, 0.25) is 0 Å². The largest absolute Gasteiger partial charge is 0.377 e. The number of carbonyl (C=O) groups excluding carboxylic acids is 1. The number of nitrogens with one attached hydrogen (secondary N) is 1. The average Bonchev–Trinajstić information content (AvgIpc) is 3.38. The van der Waals surface area contributed by atoms with Gasteiger partial charge in [0.25, 0.3) is 5.91 Å². The van der Waals surface area contributed by atoms with Gasteiger partial charge in [0.1, 0.15) is 0 Å². The summed E-state index contributed by atoms with van der Waals surface area (Å²) in [5, 5.41) is 0. The summed E-state index contributed by atoms with van der Waals surface area (Å²) in [7, 11) is 0. The number of hydrogen-bond acceptors (Lipinski definition) is 3. The molecule has 1 saturated carbocycles. The molecule has 0 spiro atoms. The Labute approximate surface area is 140 Å². The van der Waals surface area contributed by atoms with Gasteiger partial charge in [-0.1, -0.05) is 0 Å². The van der Waals surface area contributed by atoms with Crippen LogP contribution in [0.1, 0.15) is 37.0 Å². The van der Waals surface area contributed by atoms with Crippen molar-refractivity contribution < 1.29 is 9.53 Å². The highest BCUT2D eigenvalue weighted by Crippen LogP contribution is 2.44. The smallest absolute Gasteiger partial charge is 0.326 e. The number of amides is 1. The van der Waals surface area contributed by atoms with Crippen molar-refractivity contribution in [3.05, 3.63) is 34.2 Å². The van der Waals surface area contributed by atoms with Crippen LogP contribution in [0.25, 0.3) is 11.0 Å². The fourth-order valence-electron chi connectivity index (χ4n) is 3.91. The van der Waals surface area contributed by atoms with E-state index < -0.39 is 0 Å². The van der Waals surface area contributed by atoms with Gasteiger partial charge in [-0.25, -0.2) is 4.79 Å².